The van der Waals surface area contributed by atoms with Crippen LogP contribution in [0.5, 0.6) is 0 Å². The topological polar surface area (TPSA) is 70.2 Å². The van der Waals surface area contributed by atoms with Crippen molar-refractivity contribution >= 4 is 27.8 Å². The first-order valence-corrected chi connectivity index (χ1v) is 10.5. The lowest BCUT2D eigenvalue weighted by Crippen LogP contribution is -1.85. The summed E-state index contributed by atoms with van der Waals surface area (Å²) in [5.41, 5.74) is 7.26. The summed E-state index contributed by atoms with van der Waals surface area (Å²) in [6.45, 7) is 5.82. The molecule has 0 radical (unpaired) electrons. The minimum atomic E-state index is -0.215. The van der Waals surface area contributed by atoms with Crippen LogP contribution in [0.25, 0.3) is 39.1 Å². The van der Waals surface area contributed by atoms with Gasteiger partial charge in [-0.2, -0.15) is 9.49 Å². The predicted molar refractivity (Wildman–Crippen MR) is 123 cm³/mol. The highest BCUT2D eigenvalue weighted by atomic mass is 32.1. The van der Waals surface area contributed by atoms with E-state index in [0.29, 0.717) is 0 Å². The maximum absolute atomic E-state index is 13.7. The molecule has 2 N–H and O–H groups in total. The Morgan fingerprint density at radius 2 is 2.06 bits per heavy atom. The van der Waals surface area contributed by atoms with Gasteiger partial charge < -0.3 is 4.98 Å². The van der Waals surface area contributed by atoms with E-state index in [2.05, 4.69) is 37.8 Å². The van der Waals surface area contributed by atoms with E-state index < -0.39 is 0 Å². The second-order valence-corrected chi connectivity index (χ2v) is 8.10. The number of aromatic amines is 2. The number of aryl methyl sites for hydroxylation is 1. The number of rotatable bonds is 5. The van der Waals surface area contributed by atoms with E-state index in [1.54, 1.807) is 30.7 Å². The number of aromatic nitrogens is 5. The zero-order valence-corrected chi connectivity index (χ0v) is 17.5. The van der Waals surface area contributed by atoms with Crippen molar-refractivity contribution in [2.75, 3.05) is 0 Å². The molecule has 0 aliphatic carbocycles. The van der Waals surface area contributed by atoms with Crippen LogP contribution in [0.3, 0.4) is 0 Å². The number of H-pyrrole nitrogens is 2. The normalized spacial score (nSPS) is 11.9. The summed E-state index contributed by atoms with van der Waals surface area (Å²) in [5.74, 6) is 0. The van der Waals surface area contributed by atoms with E-state index in [-0.39, 0.29) is 5.13 Å². The van der Waals surface area contributed by atoms with Gasteiger partial charge in [0.25, 0.3) is 0 Å². The Labute approximate surface area is 182 Å². The number of benzene rings is 1. The number of nitrogens with one attached hydrogen (secondary N) is 2. The van der Waals surface area contributed by atoms with Crippen LogP contribution in [0, 0.1) is 12.1 Å². The van der Waals surface area contributed by atoms with Crippen LogP contribution in [0.2, 0.25) is 0 Å². The van der Waals surface area contributed by atoms with E-state index in [9.17, 15) is 4.39 Å². The van der Waals surface area contributed by atoms with Crippen molar-refractivity contribution in [2.45, 2.75) is 6.92 Å². The van der Waals surface area contributed by atoms with Crippen molar-refractivity contribution < 1.29 is 4.39 Å². The van der Waals surface area contributed by atoms with Crippen molar-refractivity contribution in [1.29, 1.82) is 0 Å². The van der Waals surface area contributed by atoms with Crippen molar-refractivity contribution in [3.63, 3.8) is 0 Å². The maximum atomic E-state index is 13.7. The lowest BCUT2D eigenvalue weighted by Gasteiger charge is -2.03. The Kier molecular flexibility index (Phi) is 4.80. The molecule has 5 nitrogen and oxygen atoms in total. The number of hydrogen-bond donors (Lipinski definition) is 2. The van der Waals surface area contributed by atoms with Crippen molar-refractivity contribution in [2.24, 2.45) is 0 Å². The number of nitrogens with zero attached hydrogens (tertiary/aromatic N) is 3. The van der Waals surface area contributed by atoms with Gasteiger partial charge in [0.15, 0.2) is 5.13 Å². The molecule has 1 aromatic carbocycles. The van der Waals surface area contributed by atoms with Gasteiger partial charge in [0, 0.05) is 45.1 Å². The van der Waals surface area contributed by atoms with Crippen LogP contribution in [0.15, 0.2) is 73.7 Å². The maximum Gasteiger partial charge on any atom is 0.176 e. The van der Waals surface area contributed by atoms with E-state index in [1.165, 1.54) is 6.07 Å². The summed E-state index contributed by atoms with van der Waals surface area (Å²) in [5, 5.41) is 8.41. The predicted octanol–water partition coefficient (Wildman–Crippen LogP) is 6.14. The van der Waals surface area contributed by atoms with Gasteiger partial charge in [0.1, 0.15) is 5.69 Å². The second kappa shape index (κ2) is 7.77. The Bertz CT molecular complexity index is 1430. The molecule has 0 amide bonds. The van der Waals surface area contributed by atoms with E-state index in [0.717, 1.165) is 66.6 Å². The Morgan fingerprint density at radius 3 is 2.81 bits per heavy atom. The number of allylic oxidation sites excluding steroid dienone is 2. The van der Waals surface area contributed by atoms with Crippen LogP contribution < -0.4 is 0 Å². The molecule has 0 saturated heterocycles. The molecule has 0 spiro atoms. The van der Waals surface area contributed by atoms with Gasteiger partial charge in [-0.15, -0.1) is 11.3 Å². The number of thiophene rings is 1. The number of hydrogen-bond acceptors (Lipinski definition) is 4. The smallest absolute Gasteiger partial charge is 0.176 e. The van der Waals surface area contributed by atoms with Crippen LogP contribution in [-0.2, 0) is 0 Å². The third kappa shape index (κ3) is 3.49. The summed E-state index contributed by atoms with van der Waals surface area (Å²) in [6, 6.07) is 11.4. The lowest BCUT2D eigenvalue weighted by atomic mass is 10.0. The van der Waals surface area contributed by atoms with Crippen molar-refractivity contribution in [1.82, 2.24) is 25.1 Å². The molecular weight excluding hydrogens is 409 g/mol. The zero-order chi connectivity index (χ0) is 21.4. The van der Waals surface area contributed by atoms with E-state index in [4.69, 9.17) is 0 Å². The van der Waals surface area contributed by atoms with Gasteiger partial charge in [0.05, 0.1) is 23.1 Å². The summed E-state index contributed by atoms with van der Waals surface area (Å²) in [7, 11) is 0. The zero-order valence-electron chi connectivity index (χ0n) is 16.7. The molecule has 31 heavy (non-hydrogen) atoms. The van der Waals surface area contributed by atoms with Crippen molar-refractivity contribution in [3.8, 4) is 22.6 Å². The molecule has 0 saturated carbocycles. The summed E-state index contributed by atoms with van der Waals surface area (Å²) < 4.78 is 13.7. The number of halogens is 1. The Hall–Kier alpha value is -3.84. The average molecular weight is 428 g/mol. The SMILES string of the molecule is C=C/C=C(/c1ccc(F)s1)c1cc(-c2n[nH]c3ccc(-c4cnccn4)cc23)[nH]c1C. The van der Waals surface area contributed by atoms with Gasteiger partial charge in [-0.3, -0.25) is 15.1 Å². The lowest BCUT2D eigenvalue weighted by molar-refractivity contribution is 0.657. The third-order valence-corrected chi connectivity index (χ3v) is 6.01. The summed E-state index contributed by atoms with van der Waals surface area (Å²) in [4.78, 5) is 12.8. The molecule has 0 fully saturated rings. The number of fused-ring (bicyclic) bond motifs is 1. The quantitative estimate of drug-likeness (QED) is 0.331. The van der Waals surface area contributed by atoms with Crippen molar-refractivity contribution in [3.05, 3.63) is 95.0 Å². The second-order valence-electron chi connectivity index (χ2n) is 7.06. The van der Waals surface area contributed by atoms with Gasteiger partial charge in [0.2, 0.25) is 0 Å². The molecule has 7 heteroatoms. The van der Waals surface area contributed by atoms with Gasteiger partial charge in [-0.1, -0.05) is 24.8 Å². The molecule has 0 aliphatic rings. The molecule has 0 unspecified atom stereocenters. The fraction of sp³-hybridized carbons (Fsp3) is 0.0417. The van der Waals surface area contributed by atoms with Gasteiger partial charge >= 0.3 is 0 Å². The molecule has 4 aromatic heterocycles. The van der Waals surface area contributed by atoms with Crippen LogP contribution in [0.4, 0.5) is 4.39 Å². The molecule has 0 bridgehead atoms. The monoisotopic (exact) mass is 427 g/mol. The highest BCUT2D eigenvalue weighted by molar-refractivity contribution is 7.11. The molecule has 0 aliphatic heterocycles. The summed E-state index contributed by atoms with van der Waals surface area (Å²) in [6.07, 6.45) is 8.69. The first-order chi connectivity index (χ1) is 15.1. The molecule has 4 heterocycles. The Morgan fingerprint density at radius 1 is 1.16 bits per heavy atom. The molecule has 5 rings (SSSR count). The first-order valence-electron chi connectivity index (χ1n) is 9.67. The van der Waals surface area contributed by atoms with Crippen LogP contribution in [-0.4, -0.2) is 25.1 Å². The highest BCUT2D eigenvalue weighted by Gasteiger charge is 2.17. The fourth-order valence-corrected chi connectivity index (χ4v) is 4.44. The van der Waals surface area contributed by atoms with Gasteiger partial charge in [-0.05, 0) is 37.3 Å². The summed E-state index contributed by atoms with van der Waals surface area (Å²) >= 11 is 1.12. The van der Waals surface area contributed by atoms with E-state index >= 15 is 0 Å². The molecule has 152 valence electrons. The van der Waals surface area contributed by atoms with Crippen LogP contribution >= 0.6 is 11.3 Å². The van der Waals surface area contributed by atoms with E-state index in [1.807, 2.05) is 31.2 Å². The fourth-order valence-electron chi connectivity index (χ4n) is 3.67. The largest absolute Gasteiger partial charge is 0.357 e. The van der Waals surface area contributed by atoms with Gasteiger partial charge in [-0.25, -0.2) is 0 Å². The standard InChI is InChI=1S/C24H18FN5S/c1-3-4-16(22-7-8-23(25)31-22)17-12-20(28-14(17)2)24-18-11-15(5-6-19(18)29-30-24)21-13-26-9-10-27-21/h3-13,28H,1H2,2H3,(H,29,30)/b16-4+. The molecule has 0 atom stereocenters. The molecular formula is C24H18FN5S. The first kappa shape index (κ1) is 19.1. The minimum absolute atomic E-state index is 0.215. The average Bonchev–Trinajstić information content (AvgIpc) is 3.50. The highest BCUT2D eigenvalue weighted by Crippen LogP contribution is 2.35. The Balaban J connectivity index is 1.61. The van der Waals surface area contributed by atoms with Crippen LogP contribution in [0.1, 0.15) is 16.1 Å². The minimum Gasteiger partial charge on any atom is -0.357 e. The molecule has 5 aromatic rings. The third-order valence-electron chi connectivity index (χ3n) is 5.11.